The Hall–Kier alpha value is -1.41. The fourth-order valence-electron chi connectivity index (χ4n) is 3.18. The molecule has 2 aliphatic heterocycles. The van der Waals surface area contributed by atoms with Crippen molar-refractivity contribution in [3.63, 3.8) is 0 Å². The van der Waals surface area contributed by atoms with Gasteiger partial charge in [0.2, 0.25) is 5.91 Å². The number of hydrogen-bond donors (Lipinski definition) is 1. The molecule has 7 nitrogen and oxygen atoms in total. The van der Waals surface area contributed by atoms with Gasteiger partial charge in [-0.05, 0) is 20.3 Å². The number of nitrogens with zero attached hydrogens (tertiary/aromatic N) is 3. The number of carbonyl (C=O) groups is 1. The molecule has 1 aromatic rings. The third-order valence-electron chi connectivity index (χ3n) is 4.51. The summed E-state index contributed by atoms with van der Waals surface area (Å²) in [7, 11) is -2.96. The molecular weight excluding hydrogens is 304 g/mol. The molecule has 8 heteroatoms. The number of hydrogen-bond acceptors (Lipinski definition) is 5. The summed E-state index contributed by atoms with van der Waals surface area (Å²) in [4.78, 5) is 18.7. The van der Waals surface area contributed by atoms with E-state index in [0.717, 1.165) is 24.6 Å². The number of aromatic nitrogens is 2. The van der Waals surface area contributed by atoms with Crippen LogP contribution in [-0.4, -0.2) is 59.4 Å². The minimum atomic E-state index is -2.96. The molecule has 3 rings (SSSR count). The zero-order valence-electron chi connectivity index (χ0n) is 13.0. The lowest BCUT2D eigenvalue weighted by atomic mass is 10.2. The highest BCUT2D eigenvalue weighted by Crippen LogP contribution is 2.17. The minimum Gasteiger partial charge on any atom is -0.351 e. The Morgan fingerprint density at radius 3 is 2.82 bits per heavy atom. The third-order valence-corrected chi connectivity index (χ3v) is 6.27. The lowest BCUT2D eigenvalue weighted by Gasteiger charge is -2.28. The third kappa shape index (κ3) is 3.17. The van der Waals surface area contributed by atoms with E-state index in [4.69, 9.17) is 0 Å². The fraction of sp³-hybridized carbons (Fsp3) is 0.714. The summed E-state index contributed by atoms with van der Waals surface area (Å²) >= 11 is 0. The molecule has 1 N–H and O–H groups in total. The van der Waals surface area contributed by atoms with Crippen LogP contribution in [0.15, 0.2) is 0 Å². The van der Waals surface area contributed by atoms with Crippen molar-refractivity contribution in [3.8, 4) is 0 Å². The van der Waals surface area contributed by atoms with E-state index >= 15 is 0 Å². The summed E-state index contributed by atoms with van der Waals surface area (Å²) in [5.41, 5.74) is 2.23. The van der Waals surface area contributed by atoms with Gasteiger partial charge in [-0.15, -0.1) is 0 Å². The van der Waals surface area contributed by atoms with Gasteiger partial charge in [0.05, 0.1) is 30.3 Å². The molecule has 122 valence electrons. The van der Waals surface area contributed by atoms with E-state index in [1.165, 1.54) is 5.69 Å². The molecular formula is C14H22N4O3S. The molecule has 1 aromatic heterocycles. The van der Waals surface area contributed by atoms with Crippen molar-refractivity contribution in [3.05, 3.63) is 17.2 Å². The van der Waals surface area contributed by atoms with Crippen LogP contribution in [0.5, 0.6) is 0 Å². The number of rotatable bonds is 3. The van der Waals surface area contributed by atoms with Gasteiger partial charge in [-0.3, -0.25) is 9.69 Å². The maximum absolute atomic E-state index is 12.1. The van der Waals surface area contributed by atoms with Gasteiger partial charge in [0.15, 0.2) is 9.84 Å². The highest BCUT2D eigenvalue weighted by Gasteiger charge is 2.29. The highest BCUT2D eigenvalue weighted by molar-refractivity contribution is 7.91. The quantitative estimate of drug-likeness (QED) is 0.818. The van der Waals surface area contributed by atoms with E-state index < -0.39 is 9.84 Å². The van der Waals surface area contributed by atoms with E-state index in [0.29, 0.717) is 19.5 Å². The van der Waals surface area contributed by atoms with Crippen molar-refractivity contribution in [2.45, 2.75) is 39.4 Å². The Morgan fingerprint density at radius 1 is 1.36 bits per heavy atom. The lowest BCUT2D eigenvalue weighted by Crippen LogP contribution is -2.44. The van der Waals surface area contributed by atoms with E-state index in [1.54, 1.807) is 0 Å². The average molecular weight is 326 g/mol. The van der Waals surface area contributed by atoms with Crippen LogP contribution in [-0.2, 0) is 27.7 Å². The normalized spacial score (nSPS) is 24.2. The van der Waals surface area contributed by atoms with Crippen LogP contribution in [0.3, 0.4) is 0 Å². The molecule has 0 radical (unpaired) electrons. The first-order valence-corrected chi connectivity index (χ1v) is 9.41. The summed E-state index contributed by atoms with van der Waals surface area (Å²) in [6, 6.07) is -0.228. The second-order valence-electron chi connectivity index (χ2n) is 6.23. The van der Waals surface area contributed by atoms with Gasteiger partial charge in [-0.25, -0.2) is 13.4 Å². The molecule has 1 atom stereocenters. The molecule has 2 aliphatic rings. The molecule has 1 saturated heterocycles. The summed E-state index contributed by atoms with van der Waals surface area (Å²) in [6.45, 7) is 6.66. The SMILES string of the molecule is Cc1nc2n(c1C)CCN(CC(=O)N[C@H]1CCS(=O)(=O)C1)C2. The van der Waals surface area contributed by atoms with Crippen molar-refractivity contribution >= 4 is 15.7 Å². The van der Waals surface area contributed by atoms with Crippen molar-refractivity contribution in [1.29, 1.82) is 0 Å². The molecule has 0 unspecified atom stereocenters. The van der Waals surface area contributed by atoms with Crippen LogP contribution in [0.4, 0.5) is 0 Å². The summed E-state index contributed by atoms with van der Waals surface area (Å²) in [6.07, 6.45) is 0.525. The van der Waals surface area contributed by atoms with E-state index in [2.05, 4.69) is 26.7 Å². The number of carbonyl (C=O) groups excluding carboxylic acids is 1. The van der Waals surface area contributed by atoms with Crippen molar-refractivity contribution in [1.82, 2.24) is 19.8 Å². The zero-order valence-corrected chi connectivity index (χ0v) is 13.8. The summed E-state index contributed by atoms with van der Waals surface area (Å²) in [5.74, 6) is 1.15. The fourth-order valence-corrected chi connectivity index (χ4v) is 4.86. The molecule has 22 heavy (non-hydrogen) atoms. The van der Waals surface area contributed by atoms with Gasteiger partial charge in [0.25, 0.3) is 0 Å². The average Bonchev–Trinajstić information content (AvgIpc) is 2.90. The van der Waals surface area contributed by atoms with Crippen molar-refractivity contribution < 1.29 is 13.2 Å². The molecule has 0 bridgehead atoms. The Labute approximate surface area is 130 Å². The first-order valence-electron chi connectivity index (χ1n) is 7.59. The topological polar surface area (TPSA) is 84.3 Å². The molecule has 3 heterocycles. The second-order valence-corrected chi connectivity index (χ2v) is 8.46. The van der Waals surface area contributed by atoms with Crippen LogP contribution in [0.2, 0.25) is 0 Å². The van der Waals surface area contributed by atoms with Crippen LogP contribution in [0.25, 0.3) is 0 Å². The number of amides is 1. The Kier molecular flexibility index (Phi) is 3.98. The largest absolute Gasteiger partial charge is 0.351 e. The minimum absolute atomic E-state index is 0.0710. The maximum Gasteiger partial charge on any atom is 0.234 e. The molecule has 0 saturated carbocycles. The summed E-state index contributed by atoms with van der Waals surface area (Å²) < 4.78 is 25.0. The molecule has 1 amide bonds. The van der Waals surface area contributed by atoms with Crippen molar-refractivity contribution in [2.75, 3.05) is 24.6 Å². The van der Waals surface area contributed by atoms with Gasteiger partial charge in [-0.1, -0.05) is 0 Å². The molecule has 0 aromatic carbocycles. The van der Waals surface area contributed by atoms with Crippen LogP contribution in [0.1, 0.15) is 23.6 Å². The Balaban J connectivity index is 1.55. The van der Waals surface area contributed by atoms with Gasteiger partial charge in [-0.2, -0.15) is 0 Å². The predicted molar refractivity (Wildman–Crippen MR) is 82.2 cm³/mol. The number of nitrogens with one attached hydrogen (secondary N) is 1. The van der Waals surface area contributed by atoms with E-state index in [9.17, 15) is 13.2 Å². The summed E-state index contributed by atoms with van der Waals surface area (Å²) in [5, 5.41) is 2.84. The standard InChI is InChI=1S/C14H22N4O3S/c1-10-11(2)18-5-4-17(7-13(18)15-10)8-14(19)16-12-3-6-22(20,21)9-12/h12H,3-9H2,1-2H3,(H,16,19)/t12-/m0/s1. The second kappa shape index (κ2) is 5.66. The number of fused-ring (bicyclic) bond motifs is 1. The van der Waals surface area contributed by atoms with E-state index in [1.807, 2.05) is 6.92 Å². The number of aryl methyl sites for hydroxylation is 1. The van der Waals surface area contributed by atoms with Crippen LogP contribution >= 0.6 is 0 Å². The van der Waals surface area contributed by atoms with Gasteiger partial charge < -0.3 is 9.88 Å². The zero-order chi connectivity index (χ0) is 15.9. The first kappa shape index (κ1) is 15.5. The van der Waals surface area contributed by atoms with Gasteiger partial charge >= 0.3 is 0 Å². The van der Waals surface area contributed by atoms with E-state index in [-0.39, 0.29) is 23.5 Å². The molecule has 0 aliphatic carbocycles. The smallest absolute Gasteiger partial charge is 0.234 e. The molecule has 1 fully saturated rings. The number of imidazole rings is 1. The Morgan fingerprint density at radius 2 is 2.14 bits per heavy atom. The number of sulfone groups is 1. The predicted octanol–water partition coefficient (Wildman–Crippen LogP) is -0.381. The monoisotopic (exact) mass is 326 g/mol. The Bertz CT molecular complexity index is 695. The van der Waals surface area contributed by atoms with Gasteiger partial charge in [0, 0.05) is 24.8 Å². The van der Waals surface area contributed by atoms with Crippen LogP contribution in [0, 0.1) is 13.8 Å². The van der Waals surface area contributed by atoms with Gasteiger partial charge in [0.1, 0.15) is 5.82 Å². The lowest BCUT2D eigenvalue weighted by molar-refractivity contribution is -0.123. The molecule has 0 spiro atoms. The van der Waals surface area contributed by atoms with Crippen LogP contribution < -0.4 is 5.32 Å². The first-order chi connectivity index (χ1) is 10.3. The maximum atomic E-state index is 12.1. The highest BCUT2D eigenvalue weighted by atomic mass is 32.2. The van der Waals surface area contributed by atoms with Crippen molar-refractivity contribution in [2.24, 2.45) is 0 Å².